The van der Waals surface area contributed by atoms with E-state index in [0.717, 1.165) is 6.92 Å². The third-order valence-corrected chi connectivity index (χ3v) is 1.99. The molecule has 1 aromatic rings. The zero-order valence-electron chi connectivity index (χ0n) is 8.62. The van der Waals surface area contributed by atoms with Crippen molar-refractivity contribution in [2.75, 3.05) is 0 Å². The highest BCUT2D eigenvalue weighted by Crippen LogP contribution is 2.35. The van der Waals surface area contributed by atoms with E-state index in [9.17, 15) is 28.1 Å². The van der Waals surface area contributed by atoms with Gasteiger partial charge in [0.1, 0.15) is 6.20 Å². The quantitative estimate of drug-likeness (QED) is 0.484. The highest BCUT2D eigenvalue weighted by atomic mass is 35.5. The number of aryl methyl sites for hydroxylation is 1. The molecule has 0 saturated heterocycles. The third-order valence-electron chi connectivity index (χ3n) is 1.80. The number of rotatable bonds is 3. The summed E-state index contributed by atoms with van der Waals surface area (Å²) in [6, 6.07) is 0. The summed E-state index contributed by atoms with van der Waals surface area (Å²) in [4.78, 5) is 23.9. The maximum Gasteiger partial charge on any atom is 0.573 e. The lowest BCUT2D eigenvalue weighted by atomic mass is 10.2. The van der Waals surface area contributed by atoms with Crippen LogP contribution < -0.4 is 4.74 Å². The molecule has 0 N–H and O–H groups in total. The monoisotopic (exact) mass is 284 g/mol. The van der Waals surface area contributed by atoms with Gasteiger partial charge in [-0.2, -0.15) is 0 Å². The van der Waals surface area contributed by atoms with Crippen LogP contribution >= 0.6 is 11.6 Å². The van der Waals surface area contributed by atoms with E-state index in [4.69, 9.17) is 11.6 Å². The molecule has 10 heteroatoms. The summed E-state index contributed by atoms with van der Waals surface area (Å²) in [7, 11) is 0. The smallest absolute Gasteiger partial charge is 0.403 e. The molecule has 0 radical (unpaired) electrons. The first-order valence-corrected chi connectivity index (χ1v) is 4.61. The van der Waals surface area contributed by atoms with Crippen molar-refractivity contribution in [2.24, 2.45) is 0 Å². The van der Waals surface area contributed by atoms with Crippen LogP contribution in [0.2, 0.25) is 0 Å². The molecule has 0 spiro atoms. The van der Waals surface area contributed by atoms with E-state index in [1.54, 1.807) is 0 Å². The molecule has 0 amide bonds. The number of ether oxygens (including phenoxy) is 1. The normalized spacial score (nSPS) is 11.2. The van der Waals surface area contributed by atoms with E-state index in [-0.39, 0.29) is 5.69 Å². The number of carbonyl (C=O) groups excluding carboxylic acids is 1. The van der Waals surface area contributed by atoms with Crippen molar-refractivity contribution in [1.29, 1.82) is 0 Å². The fourth-order valence-corrected chi connectivity index (χ4v) is 1.33. The van der Waals surface area contributed by atoms with Crippen molar-refractivity contribution in [3.8, 4) is 5.75 Å². The van der Waals surface area contributed by atoms with Crippen molar-refractivity contribution >= 4 is 22.5 Å². The Labute approximate surface area is 102 Å². The summed E-state index contributed by atoms with van der Waals surface area (Å²) in [5, 5.41) is 9.13. The maximum absolute atomic E-state index is 12.1. The van der Waals surface area contributed by atoms with Crippen LogP contribution in [0, 0.1) is 17.0 Å². The number of nitro groups is 1. The number of pyridine rings is 1. The molecule has 1 rings (SSSR count). The van der Waals surface area contributed by atoms with Crippen molar-refractivity contribution in [2.45, 2.75) is 13.3 Å². The summed E-state index contributed by atoms with van der Waals surface area (Å²) in [5.74, 6) is -1.07. The Morgan fingerprint density at radius 2 is 2.11 bits per heavy atom. The van der Waals surface area contributed by atoms with Crippen molar-refractivity contribution in [1.82, 2.24) is 4.98 Å². The van der Waals surface area contributed by atoms with E-state index in [1.807, 2.05) is 0 Å². The van der Waals surface area contributed by atoms with Crippen LogP contribution in [0.1, 0.15) is 16.1 Å². The van der Waals surface area contributed by atoms with Gasteiger partial charge in [-0.15, -0.1) is 13.2 Å². The van der Waals surface area contributed by atoms with Gasteiger partial charge in [0.2, 0.25) is 0 Å². The van der Waals surface area contributed by atoms with E-state index >= 15 is 0 Å². The van der Waals surface area contributed by atoms with Crippen LogP contribution in [0.5, 0.6) is 5.75 Å². The number of carbonyl (C=O) groups is 1. The molecule has 0 aliphatic heterocycles. The van der Waals surface area contributed by atoms with Crippen molar-refractivity contribution in [3.05, 3.63) is 27.6 Å². The lowest BCUT2D eigenvalue weighted by Crippen LogP contribution is -2.20. The predicted molar refractivity (Wildman–Crippen MR) is 52.5 cm³/mol. The average molecular weight is 285 g/mol. The number of hydrogen-bond donors (Lipinski definition) is 0. The Hall–Kier alpha value is -1.90. The Balaban J connectivity index is 3.51. The minimum atomic E-state index is -5.12. The first-order valence-electron chi connectivity index (χ1n) is 4.23. The van der Waals surface area contributed by atoms with Gasteiger partial charge in [-0.05, 0) is 18.5 Å². The van der Waals surface area contributed by atoms with E-state index in [0.29, 0.717) is 6.20 Å². The van der Waals surface area contributed by atoms with E-state index in [2.05, 4.69) is 9.72 Å². The first-order chi connectivity index (χ1) is 8.13. The number of aromatic nitrogens is 1. The highest BCUT2D eigenvalue weighted by molar-refractivity contribution is 6.68. The molecule has 98 valence electrons. The van der Waals surface area contributed by atoms with Gasteiger partial charge in [0, 0.05) is 0 Å². The number of halogens is 4. The average Bonchev–Trinajstić information content (AvgIpc) is 2.17. The lowest BCUT2D eigenvalue weighted by molar-refractivity contribution is -0.385. The van der Waals surface area contributed by atoms with Gasteiger partial charge in [0.05, 0.1) is 10.6 Å². The molecule has 6 nitrogen and oxygen atoms in total. The topological polar surface area (TPSA) is 82.3 Å². The number of hydrogen-bond acceptors (Lipinski definition) is 5. The number of alkyl halides is 3. The van der Waals surface area contributed by atoms with Crippen LogP contribution in [0.25, 0.3) is 0 Å². The molecule has 0 aliphatic carbocycles. The molecule has 1 heterocycles. The first kappa shape index (κ1) is 14.2. The molecule has 0 atom stereocenters. The minimum Gasteiger partial charge on any atom is -0.403 e. The molecule has 0 unspecified atom stereocenters. The lowest BCUT2D eigenvalue weighted by Gasteiger charge is -2.12. The molecule has 1 aromatic heterocycles. The molecule has 0 aromatic carbocycles. The van der Waals surface area contributed by atoms with Gasteiger partial charge in [-0.25, -0.2) is 0 Å². The molecule has 0 fully saturated rings. The summed E-state index contributed by atoms with van der Waals surface area (Å²) < 4.78 is 39.9. The van der Waals surface area contributed by atoms with Gasteiger partial charge >= 0.3 is 12.0 Å². The van der Waals surface area contributed by atoms with Crippen LogP contribution in [0.3, 0.4) is 0 Å². The zero-order valence-corrected chi connectivity index (χ0v) is 9.37. The molecule has 0 aliphatic rings. The summed E-state index contributed by atoms with van der Waals surface area (Å²) in [6.07, 6.45) is -4.49. The van der Waals surface area contributed by atoms with Crippen LogP contribution in [-0.4, -0.2) is 21.5 Å². The van der Waals surface area contributed by atoms with Gasteiger partial charge in [0.25, 0.3) is 5.24 Å². The Bertz CT molecular complexity index is 518. The Morgan fingerprint density at radius 3 is 2.50 bits per heavy atom. The summed E-state index contributed by atoms with van der Waals surface area (Å²) in [6.45, 7) is 1.09. The van der Waals surface area contributed by atoms with Crippen molar-refractivity contribution < 1.29 is 27.6 Å². The minimum absolute atomic E-state index is 0.345. The molecule has 0 saturated carbocycles. The van der Waals surface area contributed by atoms with Gasteiger partial charge < -0.3 is 4.74 Å². The van der Waals surface area contributed by atoms with E-state index < -0.39 is 33.5 Å². The standard InChI is InChI=1S/C8H4ClF3N2O4/c1-3-6(18-8(10,11)12)5(7(9)15)4(2-13-3)14(16)17/h2H,1H3. The number of nitrogens with zero attached hydrogens (tertiary/aromatic N) is 2. The molecule has 18 heavy (non-hydrogen) atoms. The van der Waals surface area contributed by atoms with Crippen molar-refractivity contribution in [3.63, 3.8) is 0 Å². The van der Waals surface area contributed by atoms with E-state index in [1.165, 1.54) is 0 Å². The highest BCUT2D eigenvalue weighted by Gasteiger charge is 2.37. The van der Waals surface area contributed by atoms with Gasteiger partial charge in [-0.1, -0.05) is 0 Å². The summed E-state index contributed by atoms with van der Waals surface area (Å²) >= 11 is 5.04. The van der Waals surface area contributed by atoms with Crippen LogP contribution in [0.15, 0.2) is 6.20 Å². The predicted octanol–water partition coefficient (Wildman–Crippen LogP) is 2.58. The second-order valence-electron chi connectivity index (χ2n) is 3.01. The largest absolute Gasteiger partial charge is 0.573 e. The maximum atomic E-state index is 12.1. The van der Waals surface area contributed by atoms with Crippen LogP contribution in [0.4, 0.5) is 18.9 Å². The fourth-order valence-electron chi connectivity index (χ4n) is 1.15. The fraction of sp³-hybridized carbons (Fsp3) is 0.250. The Kier molecular flexibility index (Phi) is 3.75. The zero-order chi connectivity index (χ0) is 14.1. The molecule has 0 bridgehead atoms. The molecular formula is C8H4ClF3N2O4. The van der Waals surface area contributed by atoms with Gasteiger partial charge in [-0.3, -0.25) is 19.9 Å². The second kappa shape index (κ2) is 4.77. The Morgan fingerprint density at radius 1 is 1.56 bits per heavy atom. The SMILES string of the molecule is Cc1ncc([N+](=O)[O-])c(C(=O)Cl)c1OC(F)(F)F. The van der Waals surface area contributed by atoms with Gasteiger partial charge in [0.15, 0.2) is 11.3 Å². The summed E-state index contributed by atoms with van der Waals surface area (Å²) in [5.41, 5.74) is -2.28. The third kappa shape index (κ3) is 3.06. The second-order valence-corrected chi connectivity index (χ2v) is 3.35. The molecular weight excluding hydrogens is 281 g/mol. The van der Waals surface area contributed by atoms with Crippen LogP contribution in [-0.2, 0) is 0 Å².